The van der Waals surface area contributed by atoms with Gasteiger partial charge in [0.2, 0.25) is 5.76 Å². The number of nitrogens with zero attached hydrogens (tertiary/aromatic N) is 4. The number of nitrogens with one attached hydrogen (secondary N) is 1. The predicted molar refractivity (Wildman–Crippen MR) is 74.1 cm³/mol. The van der Waals surface area contributed by atoms with Crippen LogP contribution < -0.4 is 5.32 Å². The van der Waals surface area contributed by atoms with Gasteiger partial charge in [0, 0.05) is 49.4 Å². The zero-order chi connectivity index (χ0) is 14.7. The molecule has 0 unspecified atom stereocenters. The van der Waals surface area contributed by atoms with Gasteiger partial charge in [-0.2, -0.15) is 5.10 Å². The molecule has 1 N–H and O–H groups in total. The molecule has 106 valence electrons. The second-order valence-electron chi connectivity index (χ2n) is 4.54. The number of carbonyl (C=O) groups excluding carboxylic acids is 1. The lowest BCUT2D eigenvalue weighted by atomic mass is 10.1. The lowest BCUT2D eigenvalue weighted by molar-refractivity contribution is 0.0914. The Balaban J connectivity index is 1.70. The average Bonchev–Trinajstić information content (AvgIpc) is 3.16. The third-order valence-electron chi connectivity index (χ3n) is 2.95. The Labute approximate surface area is 120 Å². The highest BCUT2D eigenvalue weighted by Gasteiger charge is 2.09. The van der Waals surface area contributed by atoms with E-state index in [1.54, 1.807) is 23.3 Å². The average molecular weight is 283 g/mol. The molecule has 0 fully saturated rings. The fourth-order valence-electron chi connectivity index (χ4n) is 1.91. The maximum absolute atomic E-state index is 11.8. The van der Waals surface area contributed by atoms with E-state index < -0.39 is 0 Å². The summed E-state index contributed by atoms with van der Waals surface area (Å²) < 4.78 is 6.52. The Bertz CT molecular complexity index is 748. The summed E-state index contributed by atoms with van der Waals surface area (Å²) in [5, 5.41) is 10.4. The SMILES string of the molecule is Cn1cc(-c2cncc(CNC(=O)c3ccno3)c2)cn1. The van der Waals surface area contributed by atoms with Crippen LogP contribution in [0.15, 0.2) is 47.6 Å². The quantitative estimate of drug-likeness (QED) is 0.782. The number of hydrogen-bond donors (Lipinski definition) is 1. The normalized spacial score (nSPS) is 10.5. The van der Waals surface area contributed by atoms with Gasteiger partial charge >= 0.3 is 0 Å². The highest BCUT2D eigenvalue weighted by atomic mass is 16.5. The zero-order valence-electron chi connectivity index (χ0n) is 11.4. The number of pyridine rings is 1. The first-order valence-electron chi connectivity index (χ1n) is 6.34. The molecule has 0 aromatic carbocycles. The maximum atomic E-state index is 11.8. The van der Waals surface area contributed by atoms with Crippen LogP contribution >= 0.6 is 0 Å². The number of rotatable bonds is 4. The second kappa shape index (κ2) is 5.58. The van der Waals surface area contributed by atoms with Crippen LogP contribution in [0.2, 0.25) is 0 Å². The summed E-state index contributed by atoms with van der Waals surface area (Å²) in [5.41, 5.74) is 2.83. The Kier molecular flexibility index (Phi) is 3.46. The topological polar surface area (TPSA) is 85.8 Å². The molecule has 0 spiro atoms. The van der Waals surface area contributed by atoms with Crippen molar-refractivity contribution in [1.82, 2.24) is 25.2 Å². The number of aryl methyl sites for hydroxylation is 1. The number of carbonyl (C=O) groups is 1. The molecular weight excluding hydrogens is 270 g/mol. The number of hydrogen-bond acceptors (Lipinski definition) is 5. The van der Waals surface area contributed by atoms with Gasteiger partial charge in [-0.15, -0.1) is 0 Å². The van der Waals surface area contributed by atoms with Crippen molar-refractivity contribution in [2.45, 2.75) is 6.54 Å². The van der Waals surface area contributed by atoms with Gasteiger partial charge in [-0.05, 0) is 11.6 Å². The maximum Gasteiger partial charge on any atom is 0.290 e. The molecule has 3 aromatic heterocycles. The minimum atomic E-state index is -0.306. The van der Waals surface area contributed by atoms with E-state index in [4.69, 9.17) is 4.52 Å². The van der Waals surface area contributed by atoms with Gasteiger partial charge in [0.15, 0.2) is 0 Å². The van der Waals surface area contributed by atoms with E-state index in [0.717, 1.165) is 16.7 Å². The van der Waals surface area contributed by atoms with Crippen molar-refractivity contribution >= 4 is 5.91 Å². The lowest BCUT2D eigenvalue weighted by Crippen LogP contribution is -2.22. The van der Waals surface area contributed by atoms with Gasteiger partial charge in [-0.1, -0.05) is 5.16 Å². The van der Waals surface area contributed by atoms with Gasteiger partial charge in [0.25, 0.3) is 5.91 Å². The molecule has 0 bridgehead atoms. The minimum absolute atomic E-state index is 0.186. The second-order valence-corrected chi connectivity index (χ2v) is 4.54. The molecule has 0 aliphatic heterocycles. The van der Waals surface area contributed by atoms with E-state index in [0.29, 0.717) is 6.54 Å². The van der Waals surface area contributed by atoms with E-state index in [9.17, 15) is 4.79 Å². The van der Waals surface area contributed by atoms with Crippen LogP contribution in [0.5, 0.6) is 0 Å². The monoisotopic (exact) mass is 283 g/mol. The van der Waals surface area contributed by atoms with E-state index in [1.807, 2.05) is 19.3 Å². The van der Waals surface area contributed by atoms with Crippen molar-refractivity contribution < 1.29 is 9.32 Å². The number of amides is 1. The molecular formula is C14H13N5O2. The summed E-state index contributed by atoms with van der Waals surface area (Å²) in [7, 11) is 1.86. The summed E-state index contributed by atoms with van der Waals surface area (Å²) in [5.74, 6) is -0.120. The smallest absolute Gasteiger partial charge is 0.290 e. The van der Waals surface area contributed by atoms with Crippen molar-refractivity contribution in [2.75, 3.05) is 0 Å². The zero-order valence-corrected chi connectivity index (χ0v) is 11.4. The highest BCUT2D eigenvalue weighted by molar-refractivity contribution is 5.91. The summed E-state index contributed by atoms with van der Waals surface area (Å²) in [6, 6.07) is 3.48. The van der Waals surface area contributed by atoms with E-state index in [-0.39, 0.29) is 11.7 Å². The summed E-state index contributed by atoms with van der Waals surface area (Å²) >= 11 is 0. The summed E-state index contributed by atoms with van der Waals surface area (Å²) in [6.45, 7) is 0.362. The van der Waals surface area contributed by atoms with E-state index in [1.165, 1.54) is 12.3 Å². The first kappa shape index (κ1) is 13.0. The Hall–Kier alpha value is -2.96. The largest absolute Gasteiger partial charge is 0.351 e. The third-order valence-corrected chi connectivity index (χ3v) is 2.95. The molecule has 7 nitrogen and oxygen atoms in total. The number of aromatic nitrogens is 4. The molecule has 3 aromatic rings. The molecule has 7 heteroatoms. The highest BCUT2D eigenvalue weighted by Crippen LogP contribution is 2.18. The molecule has 3 rings (SSSR count). The summed E-state index contributed by atoms with van der Waals surface area (Å²) in [4.78, 5) is 15.9. The fourth-order valence-corrected chi connectivity index (χ4v) is 1.91. The molecule has 1 amide bonds. The molecule has 0 radical (unpaired) electrons. The van der Waals surface area contributed by atoms with Gasteiger partial charge in [0.05, 0.1) is 12.4 Å². The van der Waals surface area contributed by atoms with Crippen LogP contribution in [0.25, 0.3) is 11.1 Å². The van der Waals surface area contributed by atoms with Crippen molar-refractivity contribution in [3.8, 4) is 11.1 Å². The van der Waals surface area contributed by atoms with Crippen LogP contribution in [-0.4, -0.2) is 25.8 Å². The molecule has 0 atom stereocenters. The van der Waals surface area contributed by atoms with E-state index >= 15 is 0 Å². The van der Waals surface area contributed by atoms with Crippen LogP contribution in [0.3, 0.4) is 0 Å². The van der Waals surface area contributed by atoms with Crippen molar-refractivity contribution in [2.24, 2.45) is 7.05 Å². The van der Waals surface area contributed by atoms with Crippen LogP contribution in [0.1, 0.15) is 16.1 Å². The van der Waals surface area contributed by atoms with Gasteiger partial charge in [0.1, 0.15) is 0 Å². The molecule has 0 saturated heterocycles. The Morgan fingerprint density at radius 1 is 1.33 bits per heavy atom. The predicted octanol–water partition coefficient (Wildman–Crippen LogP) is 1.40. The standard InChI is InChI=1S/C14H13N5O2/c1-19-9-12(8-17-19)11-4-10(5-15-7-11)6-16-14(20)13-2-3-18-21-13/h2-5,7-9H,6H2,1H3,(H,16,20). The van der Waals surface area contributed by atoms with Crippen LogP contribution in [-0.2, 0) is 13.6 Å². The summed E-state index contributed by atoms with van der Waals surface area (Å²) in [6.07, 6.45) is 8.58. The first-order chi connectivity index (χ1) is 10.2. The Morgan fingerprint density at radius 3 is 2.95 bits per heavy atom. The molecule has 0 aliphatic carbocycles. The molecule has 0 saturated carbocycles. The van der Waals surface area contributed by atoms with Crippen LogP contribution in [0.4, 0.5) is 0 Å². The van der Waals surface area contributed by atoms with Gasteiger partial charge in [-0.3, -0.25) is 14.5 Å². The molecule has 21 heavy (non-hydrogen) atoms. The first-order valence-corrected chi connectivity index (χ1v) is 6.34. The van der Waals surface area contributed by atoms with Crippen LogP contribution in [0, 0.1) is 0 Å². The lowest BCUT2D eigenvalue weighted by Gasteiger charge is -2.04. The van der Waals surface area contributed by atoms with Crippen molar-refractivity contribution in [3.63, 3.8) is 0 Å². The van der Waals surface area contributed by atoms with Gasteiger partial charge in [-0.25, -0.2) is 0 Å². The molecule has 3 heterocycles. The Morgan fingerprint density at radius 2 is 2.24 bits per heavy atom. The molecule has 0 aliphatic rings. The third kappa shape index (κ3) is 2.97. The fraction of sp³-hybridized carbons (Fsp3) is 0.143. The minimum Gasteiger partial charge on any atom is -0.351 e. The van der Waals surface area contributed by atoms with Crippen molar-refractivity contribution in [3.05, 3.63) is 54.4 Å². The van der Waals surface area contributed by atoms with Gasteiger partial charge < -0.3 is 9.84 Å². The van der Waals surface area contributed by atoms with E-state index in [2.05, 4.69) is 20.6 Å². The van der Waals surface area contributed by atoms with Crippen molar-refractivity contribution in [1.29, 1.82) is 0 Å².